The van der Waals surface area contributed by atoms with Crippen molar-refractivity contribution in [3.63, 3.8) is 0 Å². The van der Waals surface area contributed by atoms with Gasteiger partial charge in [0.1, 0.15) is 5.56 Å². The van der Waals surface area contributed by atoms with Crippen LogP contribution < -0.4 is 0 Å². The second-order valence-electron chi connectivity index (χ2n) is 4.37. The summed E-state index contributed by atoms with van der Waals surface area (Å²) in [5.74, 6) is -0.997. The number of ether oxygens (including phenoxy) is 1. The molecule has 0 radical (unpaired) electrons. The van der Waals surface area contributed by atoms with Gasteiger partial charge in [0, 0.05) is 7.11 Å². The molecule has 1 aromatic carbocycles. The number of aromatic carboxylic acids is 1. The summed E-state index contributed by atoms with van der Waals surface area (Å²) in [6, 6.07) is 5.85. The van der Waals surface area contributed by atoms with E-state index in [4.69, 9.17) is 9.84 Å². The number of hydrogen-bond donors (Lipinski definition) is 1. The first-order valence-electron chi connectivity index (χ1n) is 5.92. The molecule has 0 bridgehead atoms. The van der Waals surface area contributed by atoms with Gasteiger partial charge in [-0.15, -0.1) is 0 Å². The number of rotatable bonds is 4. The number of carbonyl (C=O) groups is 1. The lowest BCUT2D eigenvalue weighted by molar-refractivity contribution is 0.0691. The van der Waals surface area contributed by atoms with Gasteiger partial charge in [-0.25, -0.2) is 9.48 Å². The molecule has 19 heavy (non-hydrogen) atoms. The number of nitrogens with zero attached hydrogens (tertiary/aromatic N) is 2. The Kier molecular flexibility index (Phi) is 3.66. The van der Waals surface area contributed by atoms with Crippen molar-refractivity contribution in [3.8, 4) is 5.69 Å². The van der Waals surface area contributed by atoms with Gasteiger partial charge in [0.05, 0.1) is 24.2 Å². The summed E-state index contributed by atoms with van der Waals surface area (Å²) in [6.07, 6.45) is 1.36. The highest BCUT2D eigenvalue weighted by Crippen LogP contribution is 2.21. The molecule has 0 unspecified atom stereocenters. The number of hydrogen-bond acceptors (Lipinski definition) is 3. The van der Waals surface area contributed by atoms with Crippen molar-refractivity contribution in [2.24, 2.45) is 0 Å². The molecule has 5 nitrogen and oxygen atoms in total. The maximum absolute atomic E-state index is 11.2. The SMILES string of the molecule is COCc1c(C(=O)O)cnn1-c1cccc(C)c1C. The summed E-state index contributed by atoms with van der Waals surface area (Å²) in [5, 5.41) is 13.4. The summed E-state index contributed by atoms with van der Waals surface area (Å²) >= 11 is 0. The van der Waals surface area contributed by atoms with Crippen LogP contribution in [-0.2, 0) is 11.3 Å². The number of carboxylic acid groups (broad SMARTS) is 1. The fourth-order valence-electron chi connectivity index (χ4n) is 2.00. The van der Waals surface area contributed by atoms with Crippen LogP contribution in [0.1, 0.15) is 27.2 Å². The van der Waals surface area contributed by atoms with Crippen molar-refractivity contribution in [1.82, 2.24) is 9.78 Å². The molecule has 1 heterocycles. The van der Waals surface area contributed by atoms with Gasteiger partial charge in [0.25, 0.3) is 0 Å². The predicted molar refractivity (Wildman–Crippen MR) is 70.7 cm³/mol. The van der Waals surface area contributed by atoms with Gasteiger partial charge in [-0.3, -0.25) is 0 Å². The standard InChI is InChI=1S/C14H16N2O3/c1-9-5-4-6-12(10(9)2)16-13(8-19-3)11(7-15-16)14(17)18/h4-7H,8H2,1-3H3,(H,17,18). The monoisotopic (exact) mass is 260 g/mol. The molecule has 0 aliphatic carbocycles. The molecule has 0 atom stereocenters. The second-order valence-corrected chi connectivity index (χ2v) is 4.37. The maximum Gasteiger partial charge on any atom is 0.339 e. The fraction of sp³-hybridized carbons (Fsp3) is 0.286. The van der Waals surface area contributed by atoms with Crippen molar-refractivity contribution in [1.29, 1.82) is 0 Å². The first-order chi connectivity index (χ1) is 9.06. The lowest BCUT2D eigenvalue weighted by Crippen LogP contribution is -2.09. The number of benzene rings is 1. The smallest absolute Gasteiger partial charge is 0.339 e. The lowest BCUT2D eigenvalue weighted by atomic mass is 10.1. The molecular formula is C14H16N2O3. The van der Waals surface area contributed by atoms with E-state index in [9.17, 15) is 4.79 Å². The number of methoxy groups -OCH3 is 1. The molecule has 0 saturated heterocycles. The number of carboxylic acids is 1. The highest BCUT2D eigenvalue weighted by Gasteiger charge is 2.18. The van der Waals surface area contributed by atoms with E-state index in [1.54, 1.807) is 4.68 Å². The van der Waals surface area contributed by atoms with Gasteiger partial charge >= 0.3 is 5.97 Å². The molecule has 0 aliphatic heterocycles. The van der Waals surface area contributed by atoms with E-state index in [-0.39, 0.29) is 12.2 Å². The van der Waals surface area contributed by atoms with Crippen LogP contribution in [0.5, 0.6) is 0 Å². The minimum Gasteiger partial charge on any atom is -0.478 e. The molecule has 0 aliphatic rings. The van der Waals surface area contributed by atoms with E-state index in [1.807, 2.05) is 32.0 Å². The largest absolute Gasteiger partial charge is 0.478 e. The average molecular weight is 260 g/mol. The maximum atomic E-state index is 11.2. The molecule has 1 aromatic heterocycles. The Bertz CT molecular complexity index is 617. The molecule has 0 fully saturated rings. The van der Waals surface area contributed by atoms with Gasteiger partial charge in [-0.1, -0.05) is 12.1 Å². The van der Waals surface area contributed by atoms with Gasteiger partial charge in [-0.05, 0) is 31.0 Å². The van der Waals surface area contributed by atoms with E-state index in [0.29, 0.717) is 5.69 Å². The zero-order valence-corrected chi connectivity index (χ0v) is 11.2. The molecule has 100 valence electrons. The van der Waals surface area contributed by atoms with Crippen LogP contribution in [0.15, 0.2) is 24.4 Å². The van der Waals surface area contributed by atoms with Crippen LogP contribution in [-0.4, -0.2) is 28.0 Å². The minimum absolute atomic E-state index is 0.169. The highest BCUT2D eigenvalue weighted by molar-refractivity contribution is 5.88. The normalized spacial score (nSPS) is 10.7. The van der Waals surface area contributed by atoms with Crippen LogP contribution in [0.4, 0.5) is 0 Å². The van der Waals surface area contributed by atoms with Crippen molar-refractivity contribution in [2.75, 3.05) is 7.11 Å². The highest BCUT2D eigenvalue weighted by atomic mass is 16.5. The molecule has 0 saturated carbocycles. The van der Waals surface area contributed by atoms with E-state index in [0.717, 1.165) is 16.8 Å². The molecule has 2 aromatic rings. The van der Waals surface area contributed by atoms with Crippen LogP contribution >= 0.6 is 0 Å². The average Bonchev–Trinajstić information content (AvgIpc) is 2.77. The third-order valence-electron chi connectivity index (χ3n) is 3.18. The third-order valence-corrected chi connectivity index (χ3v) is 3.18. The number of aromatic nitrogens is 2. The topological polar surface area (TPSA) is 64.3 Å². The Morgan fingerprint density at radius 3 is 2.79 bits per heavy atom. The Hall–Kier alpha value is -2.14. The van der Waals surface area contributed by atoms with Gasteiger partial charge in [0.15, 0.2) is 0 Å². The summed E-state index contributed by atoms with van der Waals surface area (Å²) < 4.78 is 6.72. The third kappa shape index (κ3) is 2.37. The minimum atomic E-state index is -0.997. The zero-order valence-electron chi connectivity index (χ0n) is 11.2. The summed E-state index contributed by atoms with van der Waals surface area (Å²) in [6.45, 7) is 4.20. The first kappa shape index (κ1) is 13.3. The molecule has 5 heteroatoms. The molecular weight excluding hydrogens is 244 g/mol. The molecule has 0 spiro atoms. The summed E-state index contributed by atoms with van der Waals surface area (Å²) in [7, 11) is 1.53. The second kappa shape index (κ2) is 5.24. The van der Waals surface area contributed by atoms with E-state index < -0.39 is 5.97 Å². The van der Waals surface area contributed by atoms with Crippen molar-refractivity contribution in [3.05, 3.63) is 46.8 Å². The Labute approximate surface area is 111 Å². The molecule has 1 N–H and O–H groups in total. The van der Waals surface area contributed by atoms with Crippen molar-refractivity contribution >= 4 is 5.97 Å². The quantitative estimate of drug-likeness (QED) is 0.916. The van der Waals surface area contributed by atoms with Crippen LogP contribution in [0.3, 0.4) is 0 Å². The van der Waals surface area contributed by atoms with E-state index in [1.165, 1.54) is 13.3 Å². The zero-order chi connectivity index (χ0) is 14.0. The molecule has 2 rings (SSSR count). The predicted octanol–water partition coefficient (Wildman–Crippen LogP) is 2.33. The van der Waals surface area contributed by atoms with Crippen molar-refractivity contribution in [2.45, 2.75) is 20.5 Å². The van der Waals surface area contributed by atoms with Gasteiger partial charge in [-0.2, -0.15) is 5.10 Å². The Morgan fingerprint density at radius 2 is 2.16 bits per heavy atom. The van der Waals surface area contributed by atoms with E-state index >= 15 is 0 Å². The molecule has 0 amide bonds. The van der Waals surface area contributed by atoms with Gasteiger partial charge in [0.2, 0.25) is 0 Å². The lowest BCUT2D eigenvalue weighted by Gasteiger charge is -2.12. The summed E-state index contributed by atoms with van der Waals surface area (Å²) in [4.78, 5) is 11.2. The van der Waals surface area contributed by atoms with Crippen LogP contribution in [0.25, 0.3) is 5.69 Å². The van der Waals surface area contributed by atoms with Crippen molar-refractivity contribution < 1.29 is 14.6 Å². The summed E-state index contributed by atoms with van der Waals surface area (Å²) in [5.41, 5.74) is 3.79. The Balaban J connectivity index is 2.62. The van der Waals surface area contributed by atoms with Crippen LogP contribution in [0.2, 0.25) is 0 Å². The first-order valence-corrected chi connectivity index (χ1v) is 5.92. The number of aryl methyl sites for hydroxylation is 1. The Morgan fingerprint density at radius 1 is 1.42 bits per heavy atom. The fourth-order valence-corrected chi connectivity index (χ4v) is 2.00. The van der Waals surface area contributed by atoms with Gasteiger partial charge < -0.3 is 9.84 Å². The van der Waals surface area contributed by atoms with Crippen LogP contribution in [0, 0.1) is 13.8 Å². The van der Waals surface area contributed by atoms with E-state index in [2.05, 4.69) is 5.10 Å².